The number of nitrogens with one attached hydrogen (secondary N) is 1. The minimum atomic E-state index is -0.0776. The predicted molar refractivity (Wildman–Crippen MR) is 127 cm³/mol. The van der Waals surface area contributed by atoms with Crippen LogP contribution in [0.15, 0.2) is 53.1 Å². The van der Waals surface area contributed by atoms with Gasteiger partial charge in [-0.25, -0.2) is 0 Å². The average molecular weight is 446 g/mol. The van der Waals surface area contributed by atoms with Crippen LogP contribution >= 0.6 is 0 Å². The third kappa shape index (κ3) is 4.64. The summed E-state index contributed by atoms with van der Waals surface area (Å²) in [4.78, 5) is 19.2. The molecule has 0 atom stereocenters. The molecule has 1 aliphatic rings. The second-order valence-corrected chi connectivity index (χ2v) is 8.68. The highest BCUT2D eigenvalue weighted by Gasteiger charge is 2.27. The van der Waals surface area contributed by atoms with E-state index in [1.54, 1.807) is 6.20 Å². The van der Waals surface area contributed by atoms with E-state index in [4.69, 9.17) is 13.9 Å². The van der Waals surface area contributed by atoms with Gasteiger partial charge in [-0.1, -0.05) is 0 Å². The molecule has 1 fully saturated rings. The summed E-state index contributed by atoms with van der Waals surface area (Å²) in [6.07, 6.45) is 3.81. The lowest BCUT2D eigenvalue weighted by atomic mass is 10.1. The molecule has 0 bridgehead atoms. The van der Waals surface area contributed by atoms with Crippen molar-refractivity contribution < 1.29 is 18.7 Å². The van der Waals surface area contributed by atoms with Crippen molar-refractivity contribution in [3.05, 3.63) is 60.0 Å². The van der Waals surface area contributed by atoms with Crippen molar-refractivity contribution in [3.8, 4) is 17.2 Å². The molecule has 2 aromatic carbocycles. The number of pyridine rings is 1. The first-order valence-corrected chi connectivity index (χ1v) is 11.2. The number of fused-ring (bicyclic) bond motifs is 2. The van der Waals surface area contributed by atoms with Gasteiger partial charge in [-0.15, -0.1) is 0 Å². The van der Waals surface area contributed by atoms with Gasteiger partial charge >= 0.3 is 0 Å². The third-order valence-electron chi connectivity index (χ3n) is 5.69. The zero-order chi connectivity index (χ0) is 22.9. The molecule has 7 heteroatoms. The number of furan rings is 1. The molecular formula is C26H27N3O4. The maximum Gasteiger partial charge on any atom is 0.255 e. The van der Waals surface area contributed by atoms with Gasteiger partial charge < -0.3 is 24.1 Å². The molecule has 0 unspecified atom stereocenters. The highest BCUT2D eigenvalue weighted by molar-refractivity contribution is 6.07. The van der Waals surface area contributed by atoms with E-state index in [2.05, 4.69) is 15.2 Å². The number of likely N-dealkylation sites (N-methyl/N-ethyl adjacent to an activating group) is 1. The monoisotopic (exact) mass is 445 g/mol. The number of hydrogen-bond donors (Lipinski definition) is 1. The van der Waals surface area contributed by atoms with E-state index >= 15 is 0 Å². The van der Waals surface area contributed by atoms with Crippen molar-refractivity contribution in [2.45, 2.75) is 25.8 Å². The first-order chi connectivity index (χ1) is 16.0. The summed E-state index contributed by atoms with van der Waals surface area (Å²) in [6, 6.07) is 13.5. The highest BCUT2D eigenvalue weighted by Crippen LogP contribution is 2.34. The molecule has 170 valence electrons. The molecule has 0 saturated heterocycles. The quantitative estimate of drug-likeness (QED) is 0.415. The van der Waals surface area contributed by atoms with Gasteiger partial charge in [0.2, 0.25) is 0 Å². The molecular weight excluding hydrogens is 418 g/mol. The summed E-state index contributed by atoms with van der Waals surface area (Å²) in [5.41, 5.74) is 2.02. The first kappa shape index (κ1) is 21.3. The fraction of sp³-hybridized carbons (Fsp3) is 0.308. The largest absolute Gasteiger partial charge is 0.492 e. The Morgan fingerprint density at radius 2 is 1.91 bits per heavy atom. The fourth-order valence-electron chi connectivity index (χ4n) is 3.78. The SMILES string of the molecule is Cc1oc2cc(Oc3ccnc4cc(OCCN(C)C)ccc34)ccc2c1C(=O)NC1CC1. The van der Waals surface area contributed by atoms with Crippen molar-refractivity contribution in [2.75, 3.05) is 27.2 Å². The number of carbonyl (C=O) groups is 1. The van der Waals surface area contributed by atoms with E-state index in [0.717, 1.165) is 41.4 Å². The van der Waals surface area contributed by atoms with Gasteiger partial charge in [-0.3, -0.25) is 9.78 Å². The molecule has 0 aliphatic heterocycles. The zero-order valence-corrected chi connectivity index (χ0v) is 19.1. The number of nitrogens with zero attached hydrogens (tertiary/aromatic N) is 2. The maximum atomic E-state index is 12.6. The topological polar surface area (TPSA) is 76.8 Å². The van der Waals surface area contributed by atoms with Gasteiger partial charge in [0.25, 0.3) is 5.91 Å². The van der Waals surface area contributed by atoms with Crippen LogP contribution in [0.3, 0.4) is 0 Å². The van der Waals surface area contributed by atoms with Crippen LogP contribution in [0.1, 0.15) is 29.0 Å². The van der Waals surface area contributed by atoms with E-state index < -0.39 is 0 Å². The van der Waals surface area contributed by atoms with Gasteiger partial charge in [0.1, 0.15) is 35.2 Å². The van der Waals surface area contributed by atoms with Crippen LogP contribution in [0.4, 0.5) is 0 Å². The number of amides is 1. The molecule has 0 spiro atoms. The number of carbonyl (C=O) groups excluding carboxylic acids is 1. The standard InChI is InChI=1S/C26H27N3O4/c1-16-25(26(30)28-17-4-5-17)21-9-7-19(15-24(21)32-16)33-23-10-11-27-22-14-18(6-8-20(22)23)31-13-12-29(2)3/h6-11,14-15,17H,4-5,12-13H2,1-3H3,(H,28,30). The zero-order valence-electron chi connectivity index (χ0n) is 19.1. The van der Waals surface area contributed by atoms with Crippen molar-refractivity contribution >= 4 is 27.8 Å². The second kappa shape index (κ2) is 8.75. The van der Waals surface area contributed by atoms with E-state index in [9.17, 15) is 4.79 Å². The van der Waals surface area contributed by atoms with Gasteiger partial charge in [-0.05, 0) is 64.2 Å². The Kier molecular flexibility index (Phi) is 5.64. The Morgan fingerprint density at radius 3 is 2.70 bits per heavy atom. The van der Waals surface area contributed by atoms with Crippen molar-refractivity contribution in [3.63, 3.8) is 0 Å². The lowest BCUT2D eigenvalue weighted by Gasteiger charge is -2.12. The van der Waals surface area contributed by atoms with Crippen LogP contribution in [0.25, 0.3) is 21.9 Å². The lowest BCUT2D eigenvalue weighted by molar-refractivity contribution is 0.0951. The number of hydrogen-bond acceptors (Lipinski definition) is 6. The molecule has 4 aromatic rings. The maximum absolute atomic E-state index is 12.6. The molecule has 5 rings (SSSR count). The number of aromatic nitrogens is 1. The molecule has 1 saturated carbocycles. The van der Waals surface area contributed by atoms with E-state index in [1.165, 1.54) is 0 Å². The van der Waals surface area contributed by atoms with Crippen molar-refractivity contribution in [1.82, 2.24) is 15.2 Å². The van der Waals surface area contributed by atoms with Crippen LogP contribution in [-0.4, -0.2) is 49.1 Å². The van der Waals surface area contributed by atoms with Crippen LogP contribution in [-0.2, 0) is 0 Å². The number of ether oxygens (including phenoxy) is 2. The Bertz CT molecular complexity index is 1320. The highest BCUT2D eigenvalue weighted by atomic mass is 16.5. The predicted octanol–water partition coefficient (Wildman–Crippen LogP) is 4.91. The van der Waals surface area contributed by atoms with E-state index in [-0.39, 0.29) is 5.91 Å². The number of benzene rings is 2. The molecule has 1 aliphatic carbocycles. The molecule has 33 heavy (non-hydrogen) atoms. The fourth-order valence-corrected chi connectivity index (χ4v) is 3.78. The van der Waals surface area contributed by atoms with Crippen LogP contribution < -0.4 is 14.8 Å². The lowest BCUT2D eigenvalue weighted by Crippen LogP contribution is -2.25. The van der Waals surface area contributed by atoms with E-state index in [1.807, 2.05) is 63.5 Å². The molecule has 2 heterocycles. The molecule has 1 amide bonds. The Labute approximate surface area is 192 Å². The molecule has 0 radical (unpaired) electrons. The second-order valence-electron chi connectivity index (χ2n) is 8.68. The summed E-state index contributed by atoms with van der Waals surface area (Å²) in [7, 11) is 4.03. The minimum Gasteiger partial charge on any atom is -0.492 e. The normalized spacial score (nSPS) is 13.6. The summed E-state index contributed by atoms with van der Waals surface area (Å²) in [6.45, 7) is 3.27. The van der Waals surface area contributed by atoms with Crippen LogP contribution in [0, 0.1) is 6.92 Å². The molecule has 2 aromatic heterocycles. The Balaban J connectivity index is 1.38. The third-order valence-corrected chi connectivity index (χ3v) is 5.69. The number of rotatable bonds is 8. The summed E-state index contributed by atoms with van der Waals surface area (Å²) in [5, 5.41) is 4.71. The van der Waals surface area contributed by atoms with Crippen molar-refractivity contribution in [2.24, 2.45) is 0 Å². The minimum absolute atomic E-state index is 0.0776. The average Bonchev–Trinajstić information content (AvgIpc) is 3.52. The Hall–Kier alpha value is -3.58. The van der Waals surface area contributed by atoms with Gasteiger partial charge in [-0.2, -0.15) is 0 Å². The smallest absolute Gasteiger partial charge is 0.255 e. The van der Waals surface area contributed by atoms with E-state index in [0.29, 0.717) is 41.1 Å². The summed E-state index contributed by atoms with van der Waals surface area (Å²) < 4.78 is 17.9. The summed E-state index contributed by atoms with van der Waals surface area (Å²) >= 11 is 0. The van der Waals surface area contributed by atoms with Crippen LogP contribution in [0.2, 0.25) is 0 Å². The Morgan fingerprint density at radius 1 is 1.12 bits per heavy atom. The van der Waals surface area contributed by atoms with Gasteiger partial charge in [0.05, 0.1) is 11.1 Å². The molecule has 1 N–H and O–H groups in total. The van der Waals surface area contributed by atoms with Crippen molar-refractivity contribution in [1.29, 1.82) is 0 Å². The first-order valence-electron chi connectivity index (χ1n) is 11.2. The van der Waals surface area contributed by atoms with Crippen LogP contribution in [0.5, 0.6) is 17.2 Å². The summed E-state index contributed by atoms with van der Waals surface area (Å²) in [5.74, 6) is 2.62. The van der Waals surface area contributed by atoms with Gasteiger partial charge in [0, 0.05) is 41.7 Å². The van der Waals surface area contributed by atoms with Gasteiger partial charge in [0.15, 0.2) is 0 Å². The molecule has 7 nitrogen and oxygen atoms in total. The number of aryl methyl sites for hydroxylation is 1.